The van der Waals surface area contributed by atoms with E-state index in [0.29, 0.717) is 18.8 Å². The molecule has 1 aromatic rings. The first-order valence-corrected chi connectivity index (χ1v) is 6.63. The summed E-state index contributed by atoms with van der Waals surface area (Å²) in [6.07, 6.45) is 3.37. The number of carbonyl (C=O) groups is 1. The molecule has 0 aliphatic rings. The van der Waals surface area contributed by atoms with Gasteiger partial charge in [0.25, 0.3) is 5.91 Å². The van der Waals surface area contributed by atoms with Gasteiger partial charge in [-0.2, -0.15) is 0 Å². The Morgan fingerprint density at radius 2 is 2.00 bits per heavy atom. The van der Waals surface area contributed by atoms with Crippen LogP contribution in [-0.4, -0.2) is 30.5 Å². The minimum atomic E-state index is -0.0753. The van der Waals surface area contributed by atoms with Crippen LogP contribution in [0.2, 0.25) is 0 Å². The van der Waals surface area contributed by atoms with Crippen LogP contribution in [0, 0.1) is 3.57 Å². The molecule has 0 unspecified atom stereocenters. The van der Waals surface area contributed by atoms with Crippen molar-refractivity contribution in [2.75, 3.05) is 19.7 Å². The number of amides is 1. The Kier molecular flexibility index (Phi) is 6.49. The molecule has 0 aliphatic carbocycles. The number of hydrogen-bond acceptors (Lipinski definition) is 2. The molecule has 1 rings (SSSR count). The van der Waals surface area contributed by atoms with Gasteiger partial charge in [0.2, 0.25) is 0 Å². The van der Waals surface area contributed by atoms with Gasteiger partial charge in [0, 0.05) is 16.7 Å². The molecule has 0 saturated carbocycles. The molecule has 1 amide bonds. The van der Waals surface area contributed by atoms with Crippen LogP contribution in [0.3, 0.4) is 0 Å². The first-order chi connectivity index (χ1) is 8.67. The average molecular weight is 357 g/mol. The molecule has 0 spiro atoms. The third kappa shape index (κ3) is 4.91. The van der Waals surface area contributed by atoms with Gasteiger partial charge in [-0.25, -0.2) is 0 Å². The predicted molar refractivity (Wildman–Crippen MR) is 81.6 cm³/mol. The van der Waals surface area contributed by atoms with E-state index < -0.39 is 0 Å². The number of carbonyl (C=O) groups excluding carboxylic acids is 1. The van der Waals surface area contributed by atoms with E-state index in [1.54, 1.807) is 17.1 Å². The standard InChI is InChI=1S/C14H16INO2/c1-3-8-16(9-4-2)14(17)11-18-13-7-5-6-12(15)10-13/h3-7,10H,1-2,8-9,11H2. The average Bonchev–Trinajstić information content (AvgIpc) is 2.36. The van der Waals surface area contributed by atoms with E-state index in [4.69, 9.17) is 4.74 Å². The monoisotopic (exact) mass is 357 g/mol. The highest BCUT2D eigenvalue weighted by Crippen LogP contribution is 2.14. The minimum absolute atomic E-state index is 0.0295. The Bertz CT molecular complexity index is 422. The van der Waals surface area contributed by atoms with Crippen LogP contribution < -0.4 is 4.74 Å². The van der Waals surface area contributed by atoms with Crippen LogP contribution in [-0.2, 0) is 4.79 Å². The molecule has 0 radical (unpaired) electrons. The number of hydrogen-bond donors (Lipinski definition) is 0. The van der Waals surface area contributed by atoms with E-state index in [1.165, 1.54) is 0 Å². The van der Waals surface area contributed by atoms with Gasteiger partial charge in [-0.3, -0.25) is 4.79 Å². The van der Waals surface area contributed by atoms with Gasteiger partial charge in [0.15, 0.2) is 6.61 Å². The van der Waals surface area contributed by atoms with Crippen molar-refractivity contribution in [3.05, 3.63) is 53.1 Å². The van der Waals surface area contributed by atoms with Gasteiger partial charge in [-0.05, 0) is 40.8 Å². The number of ether oxygens (including phenoxy) is 1. The smallest absolute Gasteiger partial charge is 0.261 e. The van der Waals surface area contributed by atoms with Crippen molar-refractivity contribution in [1.29, 1.82) is 0 Å². The summed E-state index contributed by atoms with van der Waals surface area (Å²) in [5, 5.41) is 0. The van der Waals surface area contributed by atoms with Crippen molar-refractivity contribution < 1.29 is 9.53 Å². The van der Waals surface area contributed by atoms with Crippen molar-refractivity contribution in [2.45, 2.75) is 0 Å². The minimum Gasteiger partial charge on any atom is -0.484 e. The zero-order valence-electron chi connectivity index (χ0n) is 10.1. The second-order valence-electron chi connectivity index (χ2n) is 3.62. The van der Waals surface area contributed by atoms with Crippen molar-refractivity contribution in [3.63, 3.8) is 0 Å². The summed E-state index contributed by atoms with van der Waals surface area (Å²) in [6.45, 7) is 8.28. The van der Waals surface area contributed by atoms with Crippen molar-refractivity contribution in [1.82, 2.24) is 4.90 Å². The molecule has 3 nitrogen and oxygen atoms in total. The maximum atomic E-state index is 11.9. The molecular weight excluding hydrogens is 341 g/mol. The Morgan fingerprint density at radius 3 is 2.56 bits per heavy atom. The highest BCUT2D eigenvalue weighted by atomic mass is 127. The SMILES string of the molecule is C=CCN(CC=C)C(=O)COc1cccc(I)c1. The van der Waals surface area contributed by atoms with E-state index in [9.17, 15) is 4.79 Å². The molecule has 4 heteroatoms. The van der Waals surface area contributed by atoms with Gasteiger partial charge in [-0.1, -0.05) is 18.2 Å². The third-order valence-corrected chi connectivity index (χ3v) is 2.88. The molecule has 0 fully saturated rings. The van der Waals surface area contributed by atoms with Gasteiger partial charge in [0.05, 0.1) is 0 Å². The molecule has 96 valence electrons. The fourth-order valence-electron chi connectivity index (χ4n) is 1.38. The van der Waals surface area contributed by atoms with Crippen LogP contribution >= 0.6 is 22.6 Å². The molecule has 0 atom stereocenters. The van der Waals surface area contributed by atoms with Crippen LogP contribution in [0.1, 0.15) is 0 Å². The Morgan fingerprint density at radius 1 is 1.33 bits per heavy atom. The molecule has 0 N–H and O–H groups in total. The van der Waals surface area contributed by atoms with Crippen molar-refractivity contribution in [2.24, 2.45) is 0 Å². The summed E-state index contributed by atoms with van der Waals surface area (Å²) in [5.74, 6) is 0.626. The van der Waals surface area contributed by atoms with E-state index in [2.05, 4.69) is 35.7 Å². The summed E-state index contributed by atoms with van der Waals surface area (Å²) in [7, 11) is 0. The summed E-state index contributed by atoms with van der Waals surface area (Å²) >= 11 is 2.20. The van der Waals surface area contributed by atoms with Crippen molar-refractivity contribution >= 4 is 28.5 Å². The number of nitrogens with zero attached hydrogens (tertiary/aromatic N) is 1. The van der Waals surface area contributed by atoms with Crippen LogP contribution in [0.4, 0.5) is 0 Å². The molecule has 1 aromatic carbocycles. The number of benzene rings is 1. The molecule has 0 bridgehead atoms. The molecule has 0 saturated heterocycles. The summed E-state index contributed by atoms with van der Waals surface area (Å²) in [4.78, 5) is 13.5. The van der Waals surface area contributed by atoms with Gasteiger partial charge < -0.3 is 9.64 Å². The lowest BCUT2D eigenvalue weighted by Crippen LogP contribution is -2.35. The second-order valence-corrected chi connectivity index (χ2v) is 4.87. The normalized spacial score (nSPS) is 9.61. The van der Waals surface area contributed by atoms with Crippen molar-refractivity contribution in [3.8, 4) is 5.75 Å². The topological polar surface area (TPSA) is 29.5 Å². The molecule has 0 aliphatic heterocycles. The first-order valence-electron chi connectivity index (χ1n) is 5.55. The van der Waals surface area contributed by atoms with Crippen LogP contribution in [0.25, 0.3) is 0 Å². The fourth-order valence-corrected chi connectivity index (χ4v) is 1.90. The summed E-state index contributed by atoms with van der Waals surface area (Å²) in [6, 6.07) is 7.59. The molecule has 0 heterocycles. The number of halogens is 1. The quantitative estimate of drug-likeness (QED) is 0.555. The lowest BCUT2D eigenvalue weighted by Gasteiger charge is -2.19. The van der Waals surface area contributed by atoms with Gasteiger partial charge in [-0.15, -0.1) is 13.2 Å². The Balaban J connectivity index is 2.53. The van der Waals surface area contributed by atoms with E-state index in [1.807, 2.05) is 24.3 Å². The van der Waals surface area contributed by atoms with E-state index >= 15 is 0 Å². The highest BCUT2D eigenvalue weighted by molar-refractivity contribution is 14.1. The van der Waals surface area contributed by atoms with E-state index in [-0.39, 0.29) is 12.5 Å². The maximum absolute atomic E-state index is 11.9. The van der Waals surface area contributed by atoms with E-state index in [0.717, 1.165) is 3.57 Å². The van der Waals surface area contributed by atoms with Gasteiger partial charge >= 0.3 is 0 Å². The van der Waals surface area contributed by atoms with Gasteiger partial charge in [0.1, 0.15) is 5.75 Å². The lowest BCUT2D eigenvalue weighted by atomic mass is 10.3. The van der Waals surface area contributed by atoms with Crippen LogP contribution in [0.5, 0.6) is 5.75 Å². The highest BCUT2D eigenvalue weighted by Gasteiger charge is 2.11. The second kappa shape index (κ2) is 7.92. The zero-order chi connectivity index (χ0) is 13.4. The van der Waals surface area contributed by atoms with Crippen LogP contribution in [0.15, 0.2) is 49.6 Å². The fraction of sp³-hybridized carbons (Fsp3) is 0.214. The largest absolute Gasteiger partial charge is 0.484 e. The summed E-state index contributed by atoms with van der Waals surface area (Å²) in [5.41, 5.74) is 0. The Labute approximate surface area is 121 Å². The molecule has 0 aromatic heterocycles. The molecule has 18 heavy (non-hydrogen) atoms. The maximum Gasteiger partial charge on any atom is 0.261 e. The summed E-state index contributed by atoms with van der Waals surface area (Å²) < 4.78 is 6.53. The third-order valence-electron chi connectivity index (χ3n) is 2.21. The predicted octanol–water partition coefficient (Wildman–Crippen LogP) is 2.87. The molecular formula is C14H16INO2. The first kappa shape index (κ1) is 14.8. The Hall–Kier alpha value is -1.30. The zero-order valence-corrected chi connectivity index (χ0v) is 12.3. The lowest BCUT2D eigenvalue weighted by molar-refractivity contribution is -0.132. The number of rotatable bonds is 7.